The van der Waals surface area contributed by atoms with E-state index in [1.807, 2.05) is 0 Å². The zero-order valence-electron chi connectivity index (χ0n) is 13.3. The van der Waals surface area contributed by atoms with Gasteiger partial charge in [-0.25, -0.2) is 0 Å². The van der Waals surface area contributed by atoms with Gasteiger partial charge in [0, 0.05) is 23.2 Å². The summed E-state index contributed by atoms with van der Waals surface area (Å²) in [5, 5.41) is 22.2. The molecular formula is C17H26O4. The van der Waals surface area contributed by atoms with Crippen LogP contribution in [0.3, 0.4) is 0 Å². The van der Waals surface area contributed by atoms with Gasteiger partial charge in [-0.3, -0.25) is 4.79 Å². The van der Waals surface area contributed by atoms with Crippen molar-refractivity contribution in [3.05, 3.63) is 0 Å². The summed E-state index contributed by atoms with van der Waals surface area (Å²) in [7, 11) is 0. The second-order valence-electron chi connectivity index (χ2n) is 8.70. The molecule has 0 aromatic carbocycles. The number of rotatable bonds is 2. The van der Waals surface area contributed by atoms with Crippen LogP contribution in [0.5, 0.6) is 0 Å². The molecular weight excluding hydrogens is 268 g/mol. The van der Waals surface area contributed by atoms with Gasteiger partial charge in [0.2, 0.25) is 0 Å². The third-order valence-corrected chi connectivity index (χ3v) is 8.11. The number of ether oxygens (including phenoxy) is 1. The van der Waals surface area contributed by atoms with E-state index < -0.39 is 17.6 Å². The molecule has 21 heavy (non-hydrogen) atoms. The summed E-state index contributed by atoms with van der Waals surface area (Å²) in [5.41, 5.74) is -1.02. The number of carbonyl (C=O) groups excluding carboxylic acids is 1. The van der Waals surface area contributed by atoms with Gasteiger partial charge in [0.15, 0.2) is 0 Å². The van der Waals surface area contributed by atoms with Gasteiger partial charge in [0.25, 0.3) is 0 Å². The summed E-state index contributed by atoms with van der Waals surface area (Å²) < 4.78 is 5.36. The molecule has 0 aliphatic heterocycles. The summed E-state index contributed by atoms with van der Waals surface area (Å²) in [6.07, 6.45) is 2.09. The maximum atomic E-state index is 11.3. The zero-order valence-corrected chi connectivity index (χ0v) is 13.3. The van der Waals surface area contributed by atoms with Gasteiger partial charge >= 0.3 is 5.97 Å². The first kappa shape index (κ1) is 14.0. The fourth-order valence-corrected chi connectivity index (χ4v) is 7.61. The molecule has 5 saturated carbocycles. The average molecular weight is 294 g/mol. The highest BCUT2D eigenvalue weighted by molar-refractivity contribution is 5.66. The minimum atomic E-state index is -0.516. The number of hydrogen-bond acceptors (Lipinski definition) is 4. The van der Waals surface area contributed by atoms with E-state index in [9.17, 15) is 15.0 Å². The predicted octanol–water partition coefficient (Wildman–Crippen LogP) is 1.73. The lowest BCUT2D eigenvalue weighted by Gasteiger charge is -2.58. The third kappa shape index (κ3) is 1.09. The predicted molar refractivity (Wildman–Crippen MR) is 76.2 cm³/mol. The topological polar surface area (TPSA) is 66.8 Å². The van der Waals surface area contributed by atoms with E-state index in [1.165, 1.54) is 6.92 Å². The summed E-state index contributed by atoms with van der Waals surface area (Å²) >= 11 is 0. The van der Waals surface area contributed by atoms with Crippen LogP contribution in [0, 0.1) is 33.5 Å². The quantitative estimate of drug-likeness (QED) is 0.761. The van der Waals surface area contributed by atoms with E-state index in [1.54, 1.807) is 0 Å². The van der Waals surface area contributed by atoms with E-state index in [4.69, 9.17) is 4.74 Å². The Hall–Kier alpha value is -0.610. The molecule has 2 N–H and O–H groups in total. The maximum Gasteiger partial charge on any atom is 0.302 e. The molecule has 5 aliphatic carbocycles. The van der Waals surface area contributed by atoms with Crippen LogP contribution >= 0.6 is 0 Å². The van der Waals surface area contributed by atoms with E-state index >= 15 is 0 Å². The lowest BCUT2D eigenvalue weighted by Crippen LogP contribution is -2.61. The van der Waals surface area contributed by atoms with Gasteiger partial charge in [0.05, 0.1) is 18.8 Å². The Morgan fingerprint density at radius 3 is 2.43 bits per heavy atom. The van der Waals surface area contributed by atoms with Crippen molar-refractivity contribution in [2.75, 3.05) is 6.61 Å². The van der Waals surface area contributed by atoms with Gasteiger partial charge < -0.3 is 14.9 Å². The Morgan fingerprint density at radius 1 is 1.24 bits per heavy atom. The van der Waals surface area contributed by atoms with Crippen LogP contribution in [0.2, 0.25) is 0 Å². The number of esters is 1. The molecule has 5 rings (SSSR count). The molecule has 4 bridgehead atoms. The van der Waals surface area contributed by atoms with E-state index in [0.717, 1.165) is 19.3 Å². The molecule has 1 spiro atoms. The Morgan fingerprint density at radius 2 is 1.90 bits per heavy atom. The first-order valence-electron chi connectivity index (χ1n) is 8.17. The van der Waals surface area contributed by atoms with Crippen molar-refractivity contribution in [2.24, 2.45) is 33.5 Å². The Bertz CT molecular complexity index is 533. The van der Waals surface area contributed by atoms with Crippen LogP contribution in [0.15, 0.2) is 0 Å². The first-order chi connectivity index (χ1) is 9.68. The number of carbonyl (C=O) groups is 1. The van der Waals surface area contributed by atoms with Crippen LogP contribution < -0.4 is 0 Å². The molecule has 8 atom stereocenters. The van der Waals surface area contributed by atoms with E-state index in [0.29, 0.717) is 12.5 Å². The molecule has 118 valence electrons. The maximum absolute atomic E-state index is 11.3. The lowest BCUT2D eigenvalue weighted by molar-refractivity contribution is -0.201. The first-order valence-corrected chi connectivity index (χ1v) is 8.17. The average Bonchev–Trinajstić information content (AvgIpc) is 2.85. The summed E-state index contributed by atoms with van der Waals surface area (Å²) in [6.45, 7) is 8.24. The van der Waals surface area contributed by atoms with Crippen LogP contribution in [-0.4, -0.2) is 35.0 Å². The molecule has 0 aromatic rings. The Kier molecular flexibility index (Phi) is 2.32. The lowest BCUT2D eigenvalue weighted by atomic mass is 9.47. The minimum Gasteiger partial charge on any atom is -0.465 e. The summed E-state index contributed by atoms with van der Waals surface area (Å²) in [4.78, 5) is 11.3. The number of aliphatic hydroxyl groups is 2. The highest BCUT2D eigenvalue weighted by Crippen LogP contribution is 2.94. The van der Waals surface area contributed by atoms with Gasteiger partial charge in [-0.15, -0.1) is 0 Å². The molecule has 4 heteroatoms. The summed E-state index contributed by atoms with van der Waals surface area (Å²) in [6, 6.07) is 0. The van der Waals surface area contributed by atoms with E-state index in [-0.39, 0.29) is 28.1 Å². The second kappa shape index (κ2) is 3.48. The molecule has 0 aromatic heterocycles. The standard InChI is InChI=1S/C17H26O4/c1-9(18)21-8-14(2)6-5-7-15(3)11-10-12(19)17(14,15)13(20)16(10,11)4/h10-13,19-20H,5-8H2,1-4H3/t10?,11-,12-,13-,14-,15-,16-,17-/m1/s1. The van der Waals surface area contributed by atoms with Gasteiger partial charge in [0.1, 0.15) is 0 Å². The monoisotopic (exact) mass is 294 g/mol. The van der Waals surface area contributed by atoms with Crippen molar-refractivity contribution in [1.82, 2.24) is 0 Å². The van der Waals surface area contributed by atoms with Gasteiger partial charge in [-0.1, -0.05) is 27.2 Å². The fourth-order valence-electron chi connectivity index (χ4n) is 7.61. The number of hydrogen-bond donors (Lipinski definition) is 2. The van der Waals surface area contributed by atoms with Crippen molar-refractivity contribution in [3.63, 3.8) is 0 Å². The molecule has 0 amide bonds. The highest BCUT2D eigenvalue weighted by Gasteiger charge is 2.97. The zero-order chi connectivity index (χ0) is 15.4. The van der Waals surface area contributed by atoms with Gasteiger partial charge in [-0.05, 0) is 30.1 Å². The van der Waals surface area contributed by atoms with Crippen molar-refractivity contribution in [1.29, 1.82) is 0 Å². The van der Waals surface area contributed by atoms with Gasteiger partial charge in [-0.2, -0.15) is 0 Å². The molecule has 0 saturated heterocycles. The van der Waals surface area contributed by atoms with Crippen molar-refractivity contribution >= 4 is 5.97 Å². The van der Waals surface area contributed by atoms with Crippen LogP contribution in [-0.2, 0) is 9.53 Å². The Balaban J connectivity index is 1.83. The molecule has 5 fully saturated rings. The SMILES string of the molecule is CC(=O)OC[C@@]1(C)CCC[C@]2(C)[C@H]3C4[C@@H](O)[C@@]12[C@H](O)[C@]43C. The molecule has 0 heterocycles. The van der Waals surface area contributed by atoms with E-state index in [2.05, 4.69) is 20.8 Å². The van der Waals surface area contributed by atoms with Crippen LogP contribution in [0.1, 0.15) is 47.0 Å². The molecule has 4 nitrogen and oxygen atoms in total. The molecule has 5 aliphatic rings. The smallest absolute Gasteiger partial charge is 0.302 e. The van der Waals surface area contributed by atoms with Crippen molar-refractivity contribution in [3.8, 4) is 0 Å². The fraction of sp³-hybridized carbons (Fsp3) is 0.941. The second-order valence-corrected chi connectivity index (χ2v) is 8.70. The minimum absolute atomic E-state index is 0.0294. The Labute approximate surface area is 125 Å². The van der Waals surface area contributed by atoms with Crippen LogP contribution in [0.25, 0.3) is 0 Å². The number of aliphatic hydroxyl groups excluding tert-OH is 2. The summed E-state index contributed by atoms with van der Waals surface area (Å²) in [5.74, 6) is 0.370. The molecule has 0 radical (unpaired) electrons. The van der Waals surface area contributed by atoms with Crippen molar-refractivity contribution < 1.29 is 19.7 Å². The largest absolute Gasteiger partial charge is 0.465 e. The molecule has 1 unspecified atom stereocenters. The normalized spacial score (nSPS) is 63.3. The highest BCUT2D eigenvalue weighted by atomic mass is 16.5. The third-order valence-electron chi connectivity index (χ3n) is 8.11. The van der Waals surface area contributed by atoms with Crippen molar-refractivity contribution in [2.45, 2.75) is 59.2 Å². The van der Waals surface area contributed by atoms with Crippen LogP contribution in [0.4, 0.5) is 0 Å².